The topological polar surface area (TPSA) is 39.1 Å². The molecule has 0 aliphatic heterocycles. The summed E-state index contributed by atoms with van der Waals surface area (Å²) in [7, 11) is 3.47. The van der Waals surface area contributed by atoms with Crippen LogP contribution in [0.4, 0.5) is 4.39 Å². The van der Waals surface area contributed by atoms with E-state index in [-0.39, 0.29) is 17.9 Å². The van der Waals surface area contributed by atoms with Gasteiger partial charge in [0.1, 0.15) is 11.5 Å². The number of nitrogens with one attached hydrogen (secondary N) is 1. The molecule has 2 rings (SSSR count). The van der Waals surface area contributed by atoms with Crippen molar-refractivity contribution in [1.29, 1.82) is 0 Å². The van der Waals surface area contributed by atoms with Gasteiger partial charge in [-0.15, -0.1) is 0 Å². The van der Waals surface area contributed by atoms with E-state index in [1.54, 1.807) is 32.4 Å². The first kappa shape index (κ1) is 15.5. The number of nitrogens with zero attached hydrogens (tertiary/aromatic N) is 2. The van der Waals surface area contributed by atoms with E-state index in [9.17, 15) is 4.39 Å². The van der Waals surface area contributed by atoms with Gasteiger partial charge in [-0.1, -0.05) is 12.1 Å². The number of aromatic nitrogens is 2. The van der Waals surface area contributed by atoms with Crippen LogP contribution in [0.25, 0.3) is 0 Å². The third-order valence-electron chi connectivity index (χ3n) is 3.60. The fraction of sp³-hybridized carbons (Fsp3) is 0.438. The third-order valence-corrected chi connectivity index (χ3v) is 3.60. The Balaban J connectivity index is 2.55. The van der Waals surface area contributed by atoms with Crippen LogP contribution in [0, 0.1) is 12.7 Å². The van der Waals surface area contributed by atoms with Crippen LogP contribution in [0.5, 0.6) is 5.75 Å². The smallest absolute Gasteiger partial charge is 0.161 e. The third kappa shape index (κ3) is 2.93. The number of ether oxygens (including phenoxy) is 1. The maximum atomic E-state index is 13.9. The number of rotatable bonds is 5. The Morgan fingerprint density at radius 1 is 1.33 bits per heavy atom. The molecule has 4 nitrogen and oxygen atoms in total. The fourth-order valence-electron chi connectivity index (χ4n) is 2.45. The summed E-state index contributed by atoms with van der Waals surface area (Å²) in [5.74, 6) is 0.492. The van der Waals surface area contributed by atoms with E-state index in [1.807, 2.05) is 17.8 Å². The summed E-state index contributed by atoms with van der Waals surface area (Å²) >= 11 is 0. The van der Waals surface area contributed by atoms with Crippen LogP contribution in [0.2, 0.25) is 0 Å². The first-order chi connectivity index (χ1) is 9.99. The van der Waals surface area contributed by atoms with Crippen LogP contribution >= 0.6 is 0 Å². The molecule has 0 saturated heterocycles. The van der Waals surface area contributed by atoms with Crippen molar-refractivity contribution in [3.8, 4) is 5.75 Å². The second-order valence-corrected chi connectivity index (χ2v) is 5.37. The van der Waals surface area contributed by atoms with Gasteiger partial charge in [0.25, 0.3) is 0 Å². The van der Waals surface area contributed by atoms with Gasteiger partial charge in [-0.05, 0) is 45.0 Å². The van der Waals surface area contributed by atoms with Crippen molar-refractivity contribution >= 4 is 0 Å². The zero-order valence-corrected chi connectivity index (χ0v) is 13.1. The minimum atomic E-state index is -0.206. The molecule has 0 amide bonds. The van der Waals surface area contributed by atoms with E-state index in [2.05, 4.69) is 24.3 Å². The molecule has 21 heavy (non-hydrogen) atoms. The molecule has 1 aromatic heterocycles. The fourth-order valence-corrected chi connectivity index (χ4v) is 2.45. The van der Waals surface area contributed by atoms with Gasteiger partial charge in [-0.2, -0.15) is 5.10 Å². The molecule has 0 bridgehead atoms. The van der Waals surface area contributed by atoms with Crippen LogP contribution in [0.1, 0.15) is 42.8 Å². The largest absolute Gasteiger partial charge is 0.493 e. The first-order valence-electron chi connectivity index (χ1n) is 7.04. The normalized spacial score (nSPS) is 12.7. The minimum Gasteiger partial charge on any atom is -0.493 e. The average molecular weight is 291 g/mol. The van der Waals surface area contributed by atoms with E-state index in [1.165, 1.54) is 0 Å². The monoisotopic (exact) mass is 291 g/mol. The van der Waals surface area contributed by atoms with Crippen molar-refractivity contribution < 1.29 is 9.13 Å². The Hall–Kier alpha value is -1.88. The van der Waals surface area contributed by atoms with Gasteiger partial charge in [0.15, 0.2) is 5.75 Å². The lowest BCUT2D eigenvalue weighted by Gasteiger charge is -2.21. The van der Waals surface area contributed by atoms with Crippen molar-refractivity contribution in [2.45, 2.75) is 32.9 Å². The highest BCUT2D eigenvalue weighted by atomic mass is 19.1. The highest BCUT2D eigenvalue weighted by Crippen LogP contribution is 2.32. The summed E-state index contributed by atoms with van der Waals surface area (Å²) in [5, 5.41) is 7.61. The van der Waals surface area contributed by atoms with Crippen molar-refractivity contribution in [2.24, 2.45) is 0 Å². The van der Waals surface area contributed by atoms with Crippen LogP contribution in [0.3, 0.4) is 0 Å². The zero-order chi connectivity index (χ0) is 15.6. The zero-order valence-electron chi connectivity index (χ0n) is 13.1. The van der Waals surface area contributed by atoms with E-state index >= 15 is 0 Å². The molecule has 1 unspecified atom stereocenters. The summed E-state index contributed by atoms with van der Waals surface area (Å²) in [5.41, 5.74) is 2.39. The Morgan fingerprint density at radius 3 is 2.57 bits per heavy atom. The summed E-state index contributed by atoms with van der Waals surface area (Å²) in [6, 6.07) is 5.29. The maximum absolute atomic E-state index is 13.9. The van der Waals surface area contributed by atoms with E-state index in [0.29, 0.717) is 11.3 Å². The predicted molar refractivity (Wildman–Crippen MR) is 81.2 cm³/mol. The van der Waals surface area contributed by atoms with Crippen LogP contribution < -0.4 is 10.1 Å². The van der Waals surface area contributed by atoms with Gasteiger partial charge in [0, 0.05) is 6.04 Å². The summed E-state index contributed by atoms with van der Waals surface area (Å²) in [6.07, 6.45) is 1.70. The lowest BCUT2D eigenvalue weighted by atomic mass is 10.0. The highest BCUT2D eigenvalue weighted by molar-refractivity contribution is 5.38. The molecule has 1 N–H and O–H groups in total. The molecule has 0 saturated carbocycles. The number of hydrogen-bond acceptors (Lipinski definition) is 3. The minimum absolute atomic E-state index is 0.181. The van der Waals surface area contributed by atoms with E-state index in [4.69, 9.17) is 4.74 Å². The molecule has 1 atom stereocenters. The van der Waals surface area contributed by atoms with Crippen LogP contribution in [0.15, 0.2) is 24.4 Å². The van der Waals surface area contributed by atoms with E-state index in [0.717, 1.165) is 11.3 Å². The Kier molecular flexibility index (Phi) is 4.63. The molecule has 0 fully saturated rings. The van der Waals surface area contributed by atoms with Crippen LogP contribution in [-0.4, -0.2) is 23.9 Å². The maximum Gasteiger partial charge on any atom is 0.161 e. The molecule has 0 aliphatic rings. The molecule has 0 spiro atoms. The Bertz CT molecular complexity index is 622. The van der Waals surface area contributed by atoms with Crippen molar-refractivity contribution in [3.05, 3.63) is 47.0 Å². The molecule has 114 valence electrons. The van der Waals surface area contributed by atoms with Crippen molar-refractivity contribution in [2.75, 3.05) is 14.2 Å². The lowest BCUT2D eigenvalue weighted by Crippen LogP contribution is -2.23. The molecule has 0 aliphatic carbocycles. The molecular weight excluding hydrogens is 269 g/mol. The number of benzene rings is 1. The van der Waals surface area contributed by atoms with Gasteiger partial charge >= 0.3 is 0 Å². The Morgan fingerprint density at radius 2 is 2.05 bits per heavy atom. The summed E-state index contributed by atoms with van der Waals surface area (Å²) in [6.45, 7) is 5.86. The second kappa shape index (κ2) is 6.26. The first-order valence-corrected chi connectivity index (χ1v) is 7.04. The number of halogens is 1. The Labute approximate surface area is 124 Å². The summed E-state index contributed by atoms with van der Waals surface area (Å²) in [4.78, 5) is 0. The van der Waals surface area contributed by atoms with E-state index < -0.39 is 0 Å². The SMILES string of the molecule is CNC(c1ccc(C)c(F)c1)c1c(OC)cnn1C(C)C. The van der Waals surface area contributed by atoms with Crippen molar-refractivity contribution in [1.82, 2.24) is 15.1 Å². The molecule has 0 radical (unpaired) electrons. The van der Waals surface area contributed by atoms with Gasteiger partial charge in [-0.25, -0.2) is 4.39 Å². The summed E-state index contributed by atoms with van der Waals surface area (Å²) < 4.78 is 21.2. The average Bonchev–Trinajstić information content (AvgIpc) is 2.87. The quantitative estimate of drug-likeness (QED) is 0.919. The predicted octanol–water partition coefficient (Wildman–Crippen LogP) is 3.23. The van der Waals surface area contributed by atoms with Gasteiger partial charge in [0.05, 0.1) is 19.3 Å². The second-order valence-electron chi connectivity index (χ2n) is 5.37. The van der Waals surface area contributed by atoms with Crippen molar-refractivity contribution in [3.63, 3.8) is 0 Å². The number of hydrogen-bond donors (Lipinski definition) is 1. The molecule has 1 aromatic carbocycles. The number of methoxy groups -OCH3 is 1. The van der Waals surface area contributed by atoms with Gasteiger partial charge in [0.2, 0.25) is 0 Å². The van der Waals surface area contributed by atoms with Gasteiger partial charge < -0.3 is 10.1 Å². The highest BCUT2D eigenvalue weighted by Gasteiger charge is 2.24. The molecule has 1 heterocycles. The molecule has 2 aromatic rings. The number of aryl methyl sites for hydroxylation is 1. The van der Waals surface area contributed by atoms with Crippen LogP contribution in [-0.2, 0) is 0 Å². The molecular formula is C16H22FN3O. The standard InChI is InChI=1S/C16H22FN3O/c1-10(2)20-16(14(21-5)9-19-20)15(18-4)12-7-6-11(3)13(17)8-12/h6-10,15,18H,1-5H3. The molecule has 5 heteroatoms. The van der Waals surface area contributed by atoms with Gasteiger partial charge in [-0.3, -0.25) is 4.68 Å². The lowest BCUT2D eigenvalue weighted by molar-refractivity contribution is 0.396.